The zero-order chi connectivity index (χ0) is 29.2. The highest BCUT2D eigenvalue weighted by atomic mass is 79.9. The maximum Gasteiger partial charge on any atom is 0.344 e. The van der Waals surface area contributed by atoms with E-state index in [0.29, 0.717) is 31.6 Å². The van der Waals surface area contributed by atoms with Crippen molar-refractivity contribution in [3.8, 4) is 22.6 Å². The van der Waals surface area contributed by atoms with Gasteiger partial charge in [-0.15, -0.1) is 0 Å². The van der Waals surface area contributed by atoms with Gasteiger partial charge in [0, 0.05) is 11.1 Å². The zero-order valence-corrected chi connectivity index (χ0v) is 26.6. The van der Waals surface area contributed by atoms with E-state index >= 15 is 0 Å². The van der Waals surface area contributed by atoms with Crippen LogP contribution in [0.25, 0.3) is 32.7 Å². The van der Waals surface area contributed by atoms with Crippen molar-refractivity contribution in [1.82, 2.24) is 0 Å². The number of rotatable bonds is 7. The van der Waals surface area contributed by atoms with Crippen LogP contribution in [-0.2, 0) is 19.1 Å². The Balaban J connectivity index is 1.93. The van der Waals surface area contributed by atoms with Gasteiger partial charge in [-0.1, -0.05) is 48.5 Å². The molecule has 0 fully saturated rings. The van der Waals surface area contributed by atoms with E-state index in [9.17, 15) is 9.59 Å². The largest absolute Gasteiger partial charge is 0.480 e. The SMILES string of the molecule is CC(C)(C)OC(=O)COc1c(Br)cc2ccccc2c1-c1c(OCC(=O)OC(C)(C)C)c(Br)cc2ccccc12. The van der Waals surface area contributed by atoms with Gasteiger partial charge in [0.15, 0.2) is 13.2 Å². The fourth-order valence-electron chi connectivity index (χ4n) is 4.37. The summed E-state index contributed by atoms with van der Waals surface area (Å²) >= 11 is 7.35. The molecule has 4 rings (SSSR count). The highest BCUT2D eigenvalue weighted by Gasteiger charge is 2.26. The van der Waals surface area contributed by atoms with Crippen LogP contribution in [0.15, 0.2) is 69.6 Å². The van der Waals surface area contributed by atoms with Gasteiger partial charge in [-0.25, -0.2) is 9.59 Å². The molecule has 0 radical (unpaired) electrons. The van der Waals surface area contributed by atoms with Crippen LogP contribution in [0, 0.1) is 0 Å². The lowest BCUT2D eigenvalue weighted by Crippen LogP contribution is -2.27. The van der Waals surface area contributed by atoms with Gasteiger partial charge in [0.2, 0.25) is 0 Å². The summed E-state index contributed by atoms with van der Waals surface area (Å²) in [4.78, 5) is 25.3. The van der Waals surface area contributed by atoms with Crippen molar-refractivity contribution in [2.75, 3.05) is 13.2 Å². The average Bonchev–Trinajstić information content (AvgIpc) is 2.83. The molecule has 0 saturated carbocycles. The first-order valence-corrected chi connectivity index (χ1v) is 14.4. The first-order valence-electron chi connectivity index (χ1n) is 12.9. The Morgan fingerprint density at radius 3 is 1.32 bits per heavy atom. The predicted molar refractivity (Wildman–Crippen MR) is 165 cm³/mol. The molecule has 0 aromatic heterocycles. The van der Waals surface area contributed by atoms with Gasteiger partial charge in [-0.3, -0.25) is 0 Å². The van der Waals surface area contributed by atoms with E-state index < -0.39 is 23.1 Å². The van der Waals surface area contributed by atoms with Gasteiger partial charge in [-0.2, -0.15) is 0 Å². The quantitative estimate of drug-likeness (QED) is 0.183. The Kier molecular flexibility index (Phi) is 8.80. The van der Waals surface area contributed by atoms with E-state index in [1.165, 1.54) is 0 Å². The smallest absolute Gasteiger partial charge is 0.344 e. The second kappa shape index (κ2) is 11.8. The average molecular weight is 672 g/mol. The Bertz CT molecular complexity index is 1460. The van der Waals surface area contributed by atoms with E-state index in [1.807, 2.05) is 102 Å². The maximum atomic E-state index is 12.6. The second-order valence-electron chi connectivity index (χ2n) is 11.3. The van der Waals surface area contributed by atoms with E-state index in [4.69, 9.17) is 18.9 Å². The van der Waals surface area contributed by atoms with Crippen LogP contribution in [-0.4, -0.2) is 36.4 Å². The molecule has 8 heteroatoms. The number of carbonyl (C=O) groups excluding carboxylic acids is 2. The molecule has 0 unspecified atom stereocenters. The lowest BCUT2D eigenvalue weighted by molar-refractivity contribution is -0.158. The molecule has 0 bridgehead atoms. The van der Waals surface area contributed by atoms with Gasteiger partial charge in [0.25, 0.3) is 0 Å². The second-order valence-corrected chi connectivity index (χ2v) is 13.0. The molecular formula is C32H32Br2O6. The number of halogens is 2. The Morgan fingerprint density at radius 2 is 0.975 bits per heavy atom. The molecule has 0 N–H and O–H groups in total. The number of carbonyl (C=O) groups is 2. The molecule has 6 nitrogen and oxygen atoms in total. The summed E-state index contributed by atoms with van der Waals surface area (Å²) in [5.41, 5.74) is 0.135. The molecule has 0 aliphatic carbocycles. The topological polar surface area (TPSA) is 71.1 Å². The minimum Gasteiger partial charge on any atom is -0.480 e. The predicted octanol–water partition coefficient (Wildman–Crippen LogP) is 8.63. The van der Waals surface area contributed by atoms with Crippen molar-refractivity contribution in [1.29, 1.82) is 0 Å². The molecule has 0 amide bonds. The van der Waals surface area contributed by atoms with Crippen molar-refractivity contribution in [2.45, 2.75) is 52.7 Å². The van der Waals surface area contributed by atoms with Gasteiger partial charge in [0.05, 0.1) is 8.95 Å². The molecule has 0 aliphatic rings. The summed E-state index contributed by atoms with van der Waals surface area (Å²) in [6, 6.07) is 19.7. The molecule has 0 heterocycles. The number of benzene rings is 4. The van der Waals surface area contributed by atoms with Crippen LogP contribution in [0.2, 0.25) is 0 Å². The van der Waals surface area contributed by atoms with Crippen molar-refractivity contribution in [3.05, 3.63) is 69.6 Å². The molecule has 4 aromatic carbocycles. The first kappa shape index (κ1) is 29.9. The maximum absolute atomic E-state index is 12.6. The van der Waals surface area contributed by atoms with Gasteiger partial charge < -0.3 is 18.9 Å². The molecule has 0 spiro atoms. The third-order valence-electron chi connectivity index (χ3n) is 5.67. The molecule has 210 valence electrons. The van der Waals surface area contributed by atoms with Gasteiger partial charge >= 0.3 is 11.9 Å². The van der Waals surface area contributed by atoms with Crippen LogP contribution in [0.3, 0.4) is 0 Å². The van der Waals surface area contributed by atoms with Gasteiger partial charge in [-0.05, 0) is 107 Å². The first-order chi connectivity index (χ1) is 18.7. The zero-order valence-electron chi connectivity index (χ0n) is 23.4. The van der Waals surface area contributed by atoms with E-state index in [-0.39, 0.29) is 13.2 Å². The van der Waals surface area contributed by atoms with Crippen molar-refractivity contribution in [3.63, 3.8) is 0 Å². The fraction of sp³-hybridized carbons (Fsp3) is 0.312. The number of hydrogen-bond donors (Lipinski definition) is 0. The minimum atomic E-state index is -0.646. The summed E-state index contributed by atoms with van der Waals surface area (Å²) in [5, 5.41) is 3.68. The molecule has 4 aromatic rings. The summed E-state index contributed by atoms with van der Waals surface area (Å²) in [7, 11) is 0. The third kappa shape index (κ3) is 7.15. The van der Waals surface area contributed by atoms with Crippen molar-refractivity contribution >= 4 is 65.3 Å². The van der Waals surface area contributed by atoms with Crippen LogP contribution < -0.4 is 9.47 Å². The normalized spacial score (nSPS) is 11.9. The van der Waals surface area contributed by atoms with Crippen LogP contribution in [0.4, 0.5) is 0 Å². The standard InChI is InChI=1S/C32H32Br2O6/c1-31(2,3)39-25(35)17-37-29-23(33)15-19-11-7-9-13-21(19)27(29)28-22-14-10-8-12-20(22)16-24(34)30(28)38-18-26(36)40-32(4,5)6/h7-16H,17-18H2,1-6H3. The lowest BCUT2D eigenvalue weighted by Gasteiger charge is -2.23. The fourth-order valence-corrected chi connectivity index (χ4v) is 5.49. The third-order valence-corrected chi connectivity index (χ3v) is 6.85. The number of ether oxygens (including phenoxy) is 4. The van der Waals surface area contributed by atoms with E-state index in [0.717, 1.165) is 21.5 Å². The summed E-state index contributed by atoms with van der Waals surface area (Å²) in [5.74, 6) is -0.0668. The summed E-state index contributed by atoms with van der Waals surface area (Å²) in [6.07, 6.45) is 0. The molecule has 0 aliphatic heterocycles. The lowest BCUT2D eigenvalue weighted by atomic mass is 9.92. The highest BCUT2D eigenvalue weighted by molar-refractivity contribution is 9.11. The van der Waals surface area contributed by atoms with Crippen LogP contribution in [0.5, 0.6) is 11.5 Å². The number of fused-ring (bicyclic) bond motifs is 2. The molecule has 0 atom stereocenters. The minimum absolute atomic E-state index is 0.290. The van der Waals surface area contributed by atoms with E-state index in [2.05, 4.69) is 31.9 Å². The van der Waals surface area contributed by atoms with Crippen LogP contribution in [0.1, 0.15) is 41.5 Å². The highest BCUT2D eigenvalue weighted by Crippen LogP contribution is 2.50. The van der Waals surface area contributed by atoms with Crippen molar-refractivity contribution in [2.24, 2.45) is 0 Å². The Morgan fingerprint density at radius 1 is 0.625 bits per heavy atom. The Hall–Kier alpha value is -3.10. The number of hydrogen-bond acceptors (Lipinski definition) is 6. The van der Waals surface area contributed by atoms with Crippen molar-refractivity contribution < 1.29 is 28.5 Å². The number of esters is 2. The molecule has 0 saturated heterocycles. The summed E-state index contributed by atoms with van der Waals surface area (Å²) in [6.45, 7) is 10.3. The van der Waals surface area contributed by atoms with E-state index in [1.54, 1.807) is 0 Å². The Labute approximate surface area is 251 Å². The van der Waals surface area contributed by atoms with Gasteiger partial charge in [0.1, 0.15) is 22.7 Å². The molecule has 40 heavy (non-hydrogen) atoms. The molecular weight excluding hydrogens is 640 g/mol. The monoisotopic (exact) mass is 670 g/mol. The summed E-state index contributed by atoms with van der Waals surface area (Å²) < 4.78 is 24.7. The van der Waals surface area contributed by atoms with Crippen LogP contribution >= 0.6 is 31.9 Å².